The molecule has 0 aliphatic heterocycles. The van der Waals surface area contributed by atoms with E-state index in [0.717, 1.165) is 49.3 Å². The number of hydrogen-bond donors (Lipinski definition) is 2. The van der Waals surface area contributed by atoms with Crippen molar-refractivity contribution in [3.63, 3.8) is 0 Å². The van der Waals surface area contributed by atoms with Gasteiger partial charge in [0.15, 0.2) is 5.11 Å². The second-order valence-electron chi connectivity index (χ2n) is 7.69. The van der Waals surface area contributed by atoms with Gasteiger partial charge in [0.2, 0.25) is 0 Å². The predicted molar refractivity (Wildman–Crippen MR) is 124 cm³/mol. The van der Waals surface area contributed by atoms with Crippen LogP contribution in [0.5, 0.6) is 5.75 Å². The first-order valence-corrected chi connectivity index (χ1v) is 10.2. The molecule has 0 atom stereocenters. The summed E-state index contributed by atoms with van der Waals surface area (Å²) in [6, 6.07) is 7.62. The monoisotopic (exact) mass is 419 g/mol. The largest absolute Gasteiger partial charge is 0.497 e. The van der Waals surface area contributed by atoms with Crippen molar-refractivity contribution < 1.29 is 4.74 Å². The highest BCUT2D eigenvalue weighted by Crippen LogP contribution is 2.19. The van der Waals surface area contributed by atoms with E-state index < -0.39 is 0 Å². The van der Waals surface area contributed by atoms with Gasteiger partial charge >= 0.3 is 0 Å². The fraction of sp³-hybridized carbons (Fsp3) is 0.524. The fourth-order valence-electron chi connectivity index (χ4n) is 2.95. The molecule has 0 radical (unpaired) electrons. The van der Waals surface area contributed by atoms with Gasteiger partial charge in [-0.1, -0.05) is 0 Å². The first-order valence-electron chi connectivity index (χ1n) is 9.82. The lowest BCUT2D eigenvalue weighted by Crippen LogP contribution is -2.43. The number of fused-ring (bicyclic) bond motifs is 1. The van der Waals surface area contributed by atoms with Gasteiger partial charge in [0.1, 0.15) is 5.75 Å². The third-order valence-electron chi connectivity index (χ3n) is 4.65. The summed E-state index contributed by atoms with van der Waals surface area (Å²) >= 11 is 5.63. The molecule has 7 nitrogen and oxygen atoms in total. The highest BCUT2D eigenvalue weighted by atomic mass is 32.1. The molecule has 0 amide bonds. The van der Waals surface area contributed by atoms with Crippen molar-refractivity contribution in [2.24, 2.45) is 0 Å². The summed E-state index contributed by atoms with van der Waals surface area (Å²) in [5, 5.41) is 4.99. The van der Waals surface area contributed by atoms with E-state index in [-0.39, 0.29) is 5.56 Å². The van der Waals surface area contributed by atoms with E-state index in [1.54, 1.807) is 7.11 Å². The number of likely N-dealkylation sites (N-methyl/N-ethyl adjacent to an activating group) is 1. The van der Waals surface area contributed by atoms with Gasteiger partial charge in [-0.05, 0) is 77.0 Å². The maximum atomic E-state index is 12.7. The minimum absolute atomic E-state index is 0.101. The van der Waals surface area contributed by atoms with Crippen LogP contribution in [0.2, 0.25) is 0 Å². The summed E-state index contributed by atoms with van der Waals surface area (Å²) in [4.78, 5) is 21.9. The number of methoxy groups -OCH3 is 1. The molecule has 160 valence electrons. The summed E-state index contributed by atoms with van der Waals surface area (Å²) in [5.74, 6) is 0.719. The van der Waals surface area contributed by atoms with Crippen molar-refractivity contribution in [1.29, 1.82) is 0 Å². The van der Waals surface area contributed by atoms with Crippen molar-refractivity contribution in [1.82, 2.24) is 25.0 Å². The summed E-state index contributed by atoms with van der Waals surface area (Å²) in [5.41, 5.74) is 1.36. The topological polar surface area (TPSA) is 63.8 Å². The molecule has 2 rings (SSSR count). The molecule has 29 heavy (non-hydrogen) atoms. The molecule has 0 saturated carbocycles. The van der Waals surface area contributed by atoms with Crippen molar-refractivity contribution >= 4 is 28.2 Å². The number of hydrogen-bond acceptors (Lipinski definition) is 5. The van der Waals surface area contributed by atoms with E-state index >= 15 is 0 Å². The van der Waals surface area contributed by atoms with Crippen LogP contribution in [0.15, 0.2) is 29.1 Å². The van der Waals surface area contributed by atoms with Gasteiger partial charge in [-0.25, -0.2) is 0 Å². The van der Waals surface area contributed by atoms with Crippen molar-refractivity contribution in [3.8, 4) is 5.75 Å². The number of rotatable bonds is 10. The molecule has 0 bridgehead atoms. The molecule has 0 aliphatic carbocycles. The zero-order valence-electron chi connectivity index (χ0n) is 18.1. The van der Waals surface area contributed by atoms with Crippen LogP contribution in [-0.4, -0.2) is 86.3 Å². The van der Waals surface area contributed by atoms with E-state index in [1.807, 2.05) is 38.4 Å². The van der Waals surface area contributed by atoms with E-state index in [4.69, 9.17) is 17.0 Å². The number of aromatic nitrogens is 1. The molecule has 8 heteroatoms. The summed E-state index contributed by atoms with van der Waals surface area (Å²) < 4.78 is 5.24. The van der Waals surface area contributed by atoms with Crippen LogP contribution in [-0.2, 0) is 6.54 Å². The molecule has 1 aromatic heterocycles. The van der Waals surface area contributed by atoms with Crippen LogP contribution in [0.25, 0.3) is 10.9 Å². The Kier molecular flexibility index (Phi) is 8.88. The lowest BCUT2D eigenvalue weighted by Gasteiger charge is -2.27. The quantitative estimate of drug-likeness (QED) is 0.449. The average Bonchev–Trinajstić information content (AvgIpc) is 2.67. The van der Waals surface area contributed by atoms with Crippen molar-refractivity contribution in [3.05, 3.63) is 40.2 Å². The summed E-state index contributed by atoms with van der Waals surface area (Å²) in [6.07, 6.45) is 1.01. The Morgan fingerprint density at radius 2 is 1.83 bits per heavy atom. The minimum Gasteiger partial charge on any atom is -0.497 e. The van der Waals surface area contributed by atoms with Gasteiger partial charge in [-0.3, -0.25) is 4.79 Å². The zero-order valence-corrected chi connectivity index (χ0v) is 18.9. The van der Waals surface area contributed by atoms with Gasteiger partial charge < -0.3 is 29.7 Å². The molecule has 2 N–H and O–H groups in total. The van der Waals surface area contributed by atoms with E-state index in [9.17, 15) is 4.79 Å². The number of aromatic amines is 1. The van der Waals surface area contributed by atoms with Gasteiger partial charge in [-0.2, -0.15) is 0 Å². The lowest BCUT2D eigenvalue weighted by molar-refractivity contribution is 0.321. The van der Waals surface area contributed by atoms with E-state index in [0.29, 0.717) is 17.2 Å². The second kappa shape index (κ2) is 11.1. The molecule has 0 spiro atoms. The summed E-state index contributed by atoms with van der Waals surface area (Å²) in [7, 11) is 9.79. The summed E-state index contributed by atoms with van der Waals surface area (Å²) in [6.45, 7) is 3.87. The molecule has 1 heterocycles. The van der Waals surface area contributed by atoms with Gasteiger partial charge in [0.25, 0.3) is 5.56 Å². The highest BCUT2D eigenvalue weighted by Gasteiger charge is 2.14. The van der Waals surface area contributed by atoms with Crippen LogP contribution in [0.4, 0.5) is 0 Å². The fourth-order valence-corrected chi connectivity index (χ4v) is 3.21. The first-order chi connectivity index (χ1) is 13.8. The Hall–Kier alpha value is -2.16. The standard InChI is InChI=1S/C21H33N5O2S/c1-24(2)10-6-9-22-21(29)26(12-11-25(3)4)15-17-13-16-7-8-18(28-5)14-19(16)23-20(17)27/h7-8,13-14H,6,9-12,15H2,1-5H3,(H,22,29)(H,23,27). The Balaban J connectivity index is 2.15. The molecule has 1 aromatic carbocycles. The molecule has 0 fully saturated rings. The normalized spacial score (nSPS) is 11.3. The van der Waals surface area contributed by atoms with Crippen LogP contribution < -0.4 is 15.6 Å². The van der Waals surface area contributed by atoms with E-state index in [2.05, 4.69) is 39.1 Å². The Labute approximate surface area is 178 Å². The Morgan fingerprint density at radius 1 is 1.10 bits per heavy atom. The third kappa shape index (κ3) is 7.30. The van der Waals surface area contributed by atoms with Gasteiger partial charge in [0, 0.05) is 31.3 Å². The molecule has 0 unspecified atom stereocenters. The maximum Gasteiger partial charge on any atom is 0.253 e. The van der Waals surface area contributed by atoms with Crippen LogP contribution in [0.3, 0.4) is 0 Å². The number of benzene rings is 1. The van der Waals surface area contributed by atoms with Crippen molar-refractivity contribution in [2.45, 2.75) is 13.0 Å². The van der Waals surface area contributed by atoms with Crippen LogP contribution in [0.1, 0.15) is 12.0 Å². The van der Waals surface area contributed by atoms with Gasteiger partial charge in [-0.15, -0.1) is 0 Å². The number of pyridine rings is 1. The first kappa shape index (κ1) is 23.1. The Bertz CT molecular complexity index is 866. The van der Waals surface area contributed by atoms with Crippen LogP contribution >= 0.6 is 12.2 Å². The van der Waals surface area contributed by atoms with Gasteiger partial charge in [0.05, 0.1) is 19.2 Å². The molecule has 0 aliphatic rings. The number of ether oxygens (including phenoxy) is 1. The van der Waals surface area contributed by atoms with E-state index in [1.165, 1.54) is 0 Å². The SMILES string of the molecule is COc1ccc2cc(CN(CCN(C)C)C(=S)NCCCN(C)C)c(=O)[nH]c2c1. The maximum absolute atomic E-state index is 12.7. The average molecular weight is 420 g/mol. The minimum atomic E-state index is -0.101. The second-order valence-corrected chi connectivity index (χ2v) is 8.08. The van der Waals surface area contributed by atoms with Crippen LogP contribution in [0, 0.1) is 0 Å². The predicted octanol–water partition coefficient (Wildman–Crippen LogP) is 1.73. The number of thiocarbonyl (C=S) groups is 1. The molecular weight excluding hydrogens is 386 g/mol. The number of nitrogens with one attached hydrogen (secondary N) is 2. The zero-order chi connectivity index (χ0) is 21.4. The van der Waals surface area contributed by atoms with Crippen molar-refractivity contribution in [2.75, 3.05) is 61.5 Å². The number of H-pyrrole nitrogens is 1. The lowest BCUT2D eigenvalue weighted by atomic mass is 10.1. The molecule has 2 aromatic rings. The molecule has 0 saturated heterocycles. The Morgan fingerprint density at radius 3 is 2.48 bits per heavy atom. The highest BCUT2D eigenvalue weighted by molar-refractivity contribution is 7.80. The molecular formula is C21H33N5O2S. The number of nitrogens with zero attached hydrogens (tertiary/aromatic N) is 3. The third-order valence-corrected chi connectivity index (χ3v) is 5.06. The smallest absolute Gasteiger partial charge is 0.253 e.